The van der Waals surface area contributed by atoms with Crippen molar-refractivity contribution in [2.24, 2.45) is 0 Å². The lowest BCUT2D eigenvalue weighted by Gasteiger charge is -2.14. The number of Topliss-reactive ketones (excluding diaryl/α,β-unsaturated/α-hetero) is 1. The van der Waals surface area contributed by atoms with Crippen LogP contribution >= 0.6 is 0 Å². The van der Waals surface area contributed by atoms with Crippen LogP contribution < -0.4 is 14.8 Å². The van der Waals surface area contributed by atoms with Crippen LogP contribution in [0.4, 0.5) is 5.69 Å². The number of amides is 1. The molecule has 31 heavy (non-hydrogen) atoms. The van der Waals surface area contributed by atoms with E-state index in [0.717, 1.165) is 16.9 Å². The highest BCUT2D eigenvalue weighted by atomic mass is 16.5. The maximum Gasteiger partial charge on any atom is 0.255 e. The highest BCUT2D eigenvalue weighted by Crippen LogP contribution is 2.24. The Hall–Kier alpha value is -3.60. The third-order valence-corrected chi connectivity index (χ3v) is 5.02. The fourth-order valence-corrected chi connectivity index (χ4v) is 3.11. The van der Waals surface area contributed by atoms with Crippen LogP contribution in [0.15, 0.2) is 60.7 Å². The molecule has 1 N–H and O–H groups in total. The van der Waals surface area contributed by atoms with Crippen LogP contribution in [-0.4, -0.2) is 18.3 Å². The molecule has 0 fully saturated rings. The van der Waals surface area contributed by atoms with Gasteiger partial charge in [-0.1, -0.05) is 18.2 Å². The largest absolute Gasteiger partial charge is 0.493 e. The number of carbonyl (C=O) groups excluding carboxylic acids is 2. The molecule has 1 amide bonds. The summed E-state index contributed by atoms with van der Waals surface area (Å²) in [6, 6.07) is 18.1. The van der Waals surface area contributed by atoms with Gasteiger partial charge in [-0.3, -0.25) is 9.59 Å². The van der Waals surface area contributed by atoms with Gasteiger partial charge in [-0.05, 0) is 81.3 Å². The Labute approximate surface area is 183 Å². The van der Waals surface area contributed by atoms with Crippen molar-refractivity contribution in [1.29, 1.82) is 0 Å². The molecule has 0 aliphatic heterocycles. The van der Waals surface area contributed by atoms with E-state index in [0.29, 0.717) is 29.2 Å². The zero-order valence-corrected chi connectivity index (χ0v) is 18.3. The molecule has 0 unspecified atom stereocenters. The van der Waals surface area contributed by atoms with E-state index in [-0.39, 0.29) is 18.3 Å². The highest BCUT2D eigenvalue weighted by Gasteiger charge is 2.13. The minimum atomic E-state index is -0.267. The monoisotopic (exact) mass is 417 g/mol. The molecule has 3 rings (SSSR count). The van der Waals surface area contributed by atoms with Gasteiger partial charge in [0.05, 0.1) is 6.61 Å². The molecule has 0 aliphatic carbocycles. The van der Waals surface area contributed by atoms with Crippen LogP contribution in [0.5, 0.6) is 11.5 Å². The third kappa shape index (κ3) is 5.72. The fourth-order valence-electron chi connectivity index (χ4n) is 3.11. The quantitative estimate of drug-likeness (QED) is 0.475. The Morgan fingerprint density at radius 1 is 0.871 bits per heavy atom. The molecule has 5 heteroatoms. The number of nitrogens with one attached hydrogen (secondary N) is 1. The molecule has 0 aromatic heterocycles. The first kappa shape index (κ1) is 22.1. The predicted molar refractivity (Wildman–Crippen MR) is 122 cm³/mol. The summed E-state index contributed by atoms with van der Waals surface area (Å²) in [4.78, 5) is 24.4. The number of ketones is 1. The lowest BCUT2D eigenvalue weighted by molar-refractivity contribution is 0.101. The zero-order valence-electron chi connectivity index (χ0n) is 18.3. The van der Waals surface area contributed by atoms with Crippen molar-refractivity contribution in [3.63, 3.8) is 0 Å². The van der Waals surface area contributed by atoms with Crippen LogP contribution in [0.3, 0.4) is 0 Å². The van der Waals surface area contributed by atoms with E-state index in [4.69, 9.17) is 9.47 Å². The minimum absolute atomic E-state index is 0.0528. The Bertz CT molecular complexity index is 1100. The molecule has 0 aliphatic rings. The Balaban J connectivity index is 1.79. The van der Waals surface area contributed by atoms with E-state index in [9.17, 15) is 9.59 Å². The van der Waals surface area contributed by atoms with Crippen molar-refractivity contribution in [3.05, 3.63) is 88.5 Å². The number of benzene rings is 3. The van der Waals surface area contributed by atoms with Crippen molar-refractivity contribution in [2.75, 3.05) is 11.9 Å². The average Bonchev–Trinajstić information content (AvgIpc) is 2.75. The smallest absolute Gasteiger partial charge is 0.255 e. The van der Waals surface area contributed by atoms with E-state index in [1.54, 1.807) is 42.5 Å². The second-order valence-corrected chi connectivity index (χ2v) is 7.38. The summed E-state index contributed by atoms with van der Waals surface area (Å²) in [6.45, 7) is 8.30. The van der Waals surface area contributed by atoms with Crippen molar-refractivity contribution in [3.8, 4) is 11.5 Å². The summed E-state index contributed by atoms with van der Waals surface area (Å²) in [5.74, 6) is 1.13. The average molecular weight is 418 g/mol. The lowest BCUT2D eigenvalue weighted by atomic mass is 10.1. The fraction of sp³-hybridized carbons (Fsp3) is 0.231. The second kappa shape index (κ2) is 9.94. The Morgan fingerprint density at radius 3 is 2.39 bits per heavy atom. The summed E-state index contributed by atoms with van der Waals surface area (Å²) in [5, 5.41) is 2.85. The molecule has 160 valence electrons. The van der Waals surface area contributed by atoms with Gasteiger partial charge in [-0.15, -0.1) is 0 Å². The molecule has 0 saturated carbocycles. The van der Waals surface area contributed by atoms with E-state index < -0.39 is 0 Å². The van der Waals surface area contributed by atoms with Gasteiger partial charge in [-0.25, -0.2) is 0 Å². The van der Waals surface area contributed by atoms with Crippen molar-refractivity contribution in [2.45, 2.75) is 34.3 Å². The minimum Gasteiger partial charge on any atom is -0.493 e. The Morgan fingerprint density at radius 2 is 1.68 bits per heavy atom. The number of hydrogen-bond acceptors (Lipinski definition) is 4. The van der Waals surface area contributed by atoms with Crippen molar-refractivity contribution < 1.29 is 19.1 Å². The lowest BCUT2D eigenvalue weighted by Crippen LogP contribution is -2.13. The maximum atomic E-state index is 12.8. The zero-order chi connectivity index (χ0) is 22.4. The number of ether oxygens (including phenoxy) is 2. The first-order chi connectivity index (χ1) is 14.9. The predicted octanol–water partition coefficient (Wildman–Crippen LogP) is 5.74. The summed E-state index contributed by atoms with van der Waals surface area (Å²) >= 11 is 0. The number of hydrogen-bond donors (Lipinski definition) is 1. The van der Waals surface area contributed by atoms with Gasteiger partial charge in [0.1, 0.15) is 18.1 Å². The number of carbonyl (C=O) groups is 2. The van der Waals surface area contributed by atoms with Gasteiger partial charge < -0.3 is 14.8 Å². The van der Waals surface area contributed by atoms with Gasteiger partial charge in [0.15, 0.2) is 5.78 Å². The summed E-state index contributed by atoms with van der Waals surface area (Å²) < 4.78 is 11.7. The van der Waals surface area contributed by atoms with Crippen LogP contribution in [0, 0.1) is 13.8 Å². The number of anilines is 1. The SMILES string of the molecule is CCOc1ccc(C(=O)Nc2cccc(C(C)=O)c2)cc1COc1ccc(C)c(C)c1. The topological polar surface area (TPSA) is 64.6 Å². The van der Waals surface area contributed by atoms with Gasteiger partial charge >= 0.3 is 0 Å². The first-order valence-corrected chi connectivity index (χ1v) is 10.3. The van der Waals surface area contributed by atoms with Crippen LogP contribution in [-0.2, 0) is 6.61 Å². The van der Waals surface area contributed by atoms with Gasteiger partial charge in [0, 0.05) is 22.4 Å². The molecular weight excluding hydrogens is 390 g/mol. The summed E-state index contributed by atoms with van der Waals surface area (Å²) in [6.07, 6.45) is 0. The van der Waals surface area contributed by atoms with E-state index in [1.165, 1.54) is 12.5 Å². The van der Waals surface area contributed by atoms with Gasteiger partial charge in [0.2, 0.25) is 0 Å². The summed E-state index contributed by atoms with van der Waals surface area (Å²) in [5.41, 5.74) is 4.74. The van der Waals surface area contributed by atoms with Crippen LogP contribution in [0.25, 0.3) is 0 Å². The molecule has 0 bridgehead atoms. The summed E-state index contributed by atoms with van der Waals surface area (Å²) in [7, 11) is 0. The molecule has 3 aromatic carbocycles. The molecule has 5 nitrogen and oxygen atoms in total. The molecule has 3 aromatic rings. The molecular formula is C26H27NO4. The number of rotatable bonds is 8. The van der Waals surface area contributed by atoms with Crippen molar-refractivity contribution >= 4 is 17.4 Å². The van der Waals surface area contributed by atoms with Crippen molar-refractivity contribution in [1.82, 2.24) is 0 Å². The Kier molecular flexibility index (Phi) is 7.08. The first-order valence-electron chi connectivity index (χ1n) is 10.3. The third-order valence-electron chi connectivity index (χ3n) is 5.02. The van der Waals surface area contributed by atoms with E-state index in [1.807, 2.05) is 32.0 Å². The maximum absolute atomic E-state index is 12.8. The highest BCUT2D eigenvalue weighted by molar-refractivity contribution is 6.05. The van der Waals surface area contributed by atoms with E-state index in [2.05, 4.69) is 12.2 Å². The number of aryl methyl sites for hydroxylation is 2. The molecule has 0 atom stereocenters. The molecule has 0 radical (unpaired) electrons. The van der Waals surface area contributed by atoms with Gasteiger partial charge in [0.25, 0.3) is 5.91 Å². The van der Waals surface area contributed by atoms with Crippen LogP contribution in [0.2, 0.25) is 0 Å². The molecule has 0 heterocycles. The standard InChI is InChI=1S/C26H27NO4/c1-5-30-25-12-10-21(26(29)27-23-8-6-7-20(15-23)19(4)28)14-22(25)16-31-24-11-9-17(2)18(3)13-24/h6-15H,5,16H2,1-4H3,(H,27,29). The molecule has 0 spiro atoms. The second-order valence-electron chi connectivity index (χ2n) is 7.38. The van der Waals surface area contributed by atoms with Crippen LogP contribution in [0.1, 0.15) is 51.3 Å². The van der Waals surface area contributed by atoms with E-state index >= 15 is 0 Å². The molecule has 0 saturated heterocycles. The normalized spacial score (nSPS) is 10.5. The van der Waals surface area contributed by atoms with Gasteiger partial charge in [-0.2, -0.15) is 0 Å².